The van der Waals surface area contributed by atoms with Gasteiger partial charge in [-0.05, 0) is 61.0 Å². The number of unbranched alkanes of at least 4 members (excludes halogenated alkanes) is 1. The molecule has 0 radical (unpaired) electrons. The molecule has 1 aromatic carbocycles. The number of alkyl halides is 1. The van der Waals surface area contributed by atoms with Crippen LogP contribution in [0.2, 0.25) is 0 Å². The third-order valence-corrected chi connectivity index (χ3v) is 7.82. The van der Waals surface area contributed by atoms with Crippen LogP contribution in [-0.2, 0) is 4.74 Å². The summed E-state index contributed by atoms with van der Waals surface area (Å²) in [5, 5.41) is 0.785. The molecule has 1 heterocycles. The minimum atomic E-state index is -1.42. The number of hydrogen-bond acceptors (Lipinski definition) is 5. The van der Waals surface area contributed by atoms with Crippen molar-refractivity contribution in [3.63, 3.8) is 0 Å². The maximum Gasteiger partial charge on any atom is 0.338 e. The fourth-order valence-electron chi connectivity index (χ4n) is 2.27. The van der Waals surface area contributed by atoms with E-state index in [0.717, 1.165) is 33.6 Å². The number of thiophene rings is 1. The van der Waals surface area contributed by atoms with E-state index in [0.29, 0.717) is 14.9 Å². The monoisotopic (exact) mass is 480 g/mol. The van der Waals surface area contributed by atoms with Crippen molar-refractivity contribution in [1.82, 2.24) is 0 Å². The molecule has 0 saturated carbocycles. The van der Waals surface area contributed by atoms with Gasteiger partial charge in [-0.2, -0.15) is 0 Å². The lowest BCUT2D eigenvalue weighted by atomic mass is 10.1. The maximum absolute atomic E-state index is 14.1. The predicted molar refractivity (Wildman–Crippen MR) is 115 cm³/mol. The molecule has 0 amide bonds. The van der Waals surface area contributed by atoms with E-state index < -0.39 is 26.3 Å². The molecule has 0 fully saturated rings. The zero-order valence-corrected chi connectivity index (χ0v) is 19.4. The van der Waals surface area contributed by atoms with Crippen LogP contribution in [0.3, 0.4) is 0 Å². The smallest absolute Gasteiger partial charge is 0.338 e. The van der Waals surface area contributed by atoms with Crippen molar-refractivity contribution in [1.29, 1.82) is 0 Å². The molecule has 0 aliphatic heterocycles. The molecule has 3 nitrogen and oxygen atoms in total. The van der Waals surface area contributed by atoms with Crippen molar-refractivity contribution in [3.05, 3.63) is 27.0 Å². The Bertz CT molecular complexity index is 789. The SMILES string of the molecule is CCCCSc1cc(C(=O)OC(C)(C)C)cc2c(Br)c(C(F)PO)sc12. The van der Waals surface area contributed by atoms with Crippen LogP contribution in [0.15, 0.2) is 21.5 Å². The summed E-state index contributed by atoms with van der Waals surface area (Å²) in [5.41, 5.74) is -0.126. The van der Waals surface area contributed by atoms with E-state index in [1.165, 1.54) is 11.3 Å². The summed E-state index contributed by atoms with van der Waals surface area (Å²) in [5.74, 6) is -0.882. The van der Waals surface area contributed by atoms with Crippen molar-refractivity contribution in [2.45, 2.75) is 56.9 Å². The van der Waals surface area contributed by atoms with E-state index >= 15 is 0 Å². The van der Waals surface area contributed by atoms with E-state index in [1.807, 2.05) is 26.8 Å². The number of halogens is 2. The molecule has 1 aromatic heterocycles. The van der Waals surface area contributed by atoms with Gasteiger partial charge in [-0.1, -0.05) is 13.3 Å². The molecule has 2 unspecified atom stereocenters. The zero-order chi connectivity index (χ0) is 19.5. The Labute approximate surface area is 172 Å². The lowest BCUT2D eigenvalue weighted by molar-refractivity contribution is 0.00694. The number of thioether (sulfide) groups is 1. The van der Waals surface area contributed by atoms with Crippen molar-refractivity contribution in [2.75, 3.05) is 5.75 Å². The molecule has 1 N–H and O–H groups in total. The molecule has 0 bridgehead atoms. The molecule has 2 rings (SSSR count). The molecule has 0 aliphatic carbocycles. The van der Waals surface area contributed by atoms with Crippen LogP contribution in [0, 0.1) is 0 Å². The molecule has 2 aromatic rings. The third-order valence-electron chi connectivity index (χ3n) is 3.45. The summed E-state index contributed by atoms with van der Waals surface area (Å²) >= 11 is 6.45. The minimum Gasteiger partial charge on any atom is -0.456 e. The van der Waals surface area contributed by atoms with Crippen molar-refractivity contribution >= 4 is 63.9 Å². The Morgan fingerprint density at radius 2 is 2.15 bits per heavy atom. The van der Waals surface area contributed by atoms with Gasteiger partial charge in [-0.25, -0.2) is 9.18 Å². The largest absolute Gasteiger partial charge is 0.456 e. The topological polar surface area (TPSA) is 46.5 Å². The first-order valence-corrected chi connectivity index (χ1v) is 12.0. The average molecular weight is 481 g/mol. The first-order chi connectivity index (χ1) is 12.2. The first-order valence-electron chi connectivity index (χ1n) is 8.33. The number of hydrogen-bond donors (Lipinski definition) is 1. The van der Waals surface area contributed by atoms with Crippen molar-refractivity contribution in [3.8, 4) is 0 Å². The number of fused-ring (bicyclic) bond motifs is 1. The van der Waals surface area contributed by atoms with Crippen LogP contribution in [0.25, 0.3) is 10.1 Å². The third kappa shape index (κ3) is 5.41. The van der Waals surface area contributed by atoms with E-state index in [4.69, 9.17) is 4.74 Å². The highest BCUT2D eigenvalue weighted by Gasteiger charge is 2.24. The van der Waals surface area contributed by atoms with Gasteiger partial charge in [0.1, 0.15) is 5.60 Å². The molecular weight excluding hydrogens is 458 g/mol. The Morgan fingerprint density at radius 3 is 2.73 bits per heavy atom. The number of carbonyl (C=O) groups excluding carboxylic acids is 1. The zero-order valence-electron chi connectivity index (χ0n) is 15.2. The highest BCUT2D eigenvalue weighted by atomic mass is 79.9. The van der Waals surface area contributed by atoms with Gasteiger partial charge in [0.2, 0.25) is 0 Å². The molecule has 144 valence electrons. The molecule has 0 saturated heterocycles. The molecule has 0 aliphatic rings. The van der Waals surface area contributed by atoms with Gasteiger partial charge in [0, 0.05) is 19.5 Å². The molecule has 2 atom stereocenters. The second-order valence-electron chi connectivity index (χ2n) is 6.83. The van der Waals surface area contributed by atoms with E-state index in [1.54, 1.807) is 17.8 Å². The normalized spacial score (nSPS) is 13.7. The van der Waals surface area contributed by atoms with Gasteiger partial charge < -0.3 is 9.63 Å². The second kappa shape index (κ2) is 9.33. The second-order valence-corrected chi connectivity index (χ2v) is 10.6. The first kappa shape index (κ1) is 22.1. The molecular formula is C18H23BrFO3PS2. The van der Waals surface area contributed by atoms with Gasteiger partial charge >= 0.3 is 5.97 Å². The van der Waals surface area contributed by atoms with E-state index in [2.05, 4.69) is 22.9 Å². The highest BCUT2D eigenvalue weighted by Crippen LogP contribution is 2.48. The van der Waals surface area contributed by atoms with Crippen LogP contribution in [0.5, 0.6) is 0 Å². The lowest BCUT2D eigenvalue weighted by Gasteiger charge is -2.19. The average Bonchev–Trinajstić information content (AvgIpc) is 2.90. The Balaban J connectivity index is 2.54. The van der Waals surface area contributed by atoms with Crippen LogP contribution in [0.4, 0.5) is 4.39 Å². The van der Waals surface area contributed by atoms with E-state index in [9.17, 15) is 14.1 Å². The Kier molecular flexibility index (Phi) is 7.93. The van der Waals surface area contributed by atoms with Crippen molar-refractivity contribution < 1.29 is 18.8 Å². The fourth-order valence-corrected chi connectivity index (χ4v) is 6.32. The standard InChI is InChI=1S/C18H23BrFO3PS2/c1-5-6-7-25-12-9-10(17(21)23-18(2,3)4)8-11-13(19)15(16(20)24-22)26-14(11)12/h8-9,16,22,24H,5-7H2,1-4H3. The number of ether oxygens (including phenoxy) is 1. The number of rotatable bonds is 7. The minimum absolute atomic E-state index is 0.391. The Morgan fingerprint density at radius 1 is 1.46 bits per heavy atom. The summed E-state index contributed by atoms with van der Waals surface area (Å²) in [4.78, 5) is 23.2. The number of benzene rings is 1. The molecule has 8 heteroatoms. The van der Waals surface area contributed by atoms with Crippen molar-refractivity contribution in [2.24, 2.45) is 0 Å². The highest BCUT2D eigenvalue weighted by molar-refractivity contribution is 9.10. The fraction of sp³-hybridized carbons (Fsp3) is 0.500. The Hall–Kier alpha value is -0.200. The van der Waals surface area contributed by atoms with Gasteiger partial charge in [0.05, 0.1) is 19.2 Å². The molecule has 0 spiro atoms. The van der Waals surface area contributed by atoms with Crippen LogP contribution in [0.1, 0.15) is 61.7 Å². The van der Waals surface area contributed by atoms with Gasteiger partial charge in [0.15, 0.2) is 5.91 Å². The quantitative estimate of drug-likeness (QED) is 0.199. The number of carbonyl (C=O) groups is 1. The van der Waals surface area contributed by atoms with Crippen LogP contribution < -0.4 is 0 Å². The summed E-state index contributed by atoms with van der Waals surface area (Å²) in [7, 11) is -0.812. The summed E-state index contributed by atoms with van der Waals surface area (Å²) in [6.07, 6.45) is 2.14. The number of esters is 1. The lowest BCUT2D eigenvalue weighted by Crippen LogP contribution is -2.23. The predicted octanol–water partition coefficient (Wildman–Crippen LogP) is 7.07. The molecule has 26 heavy (non-hydrogen) atoms. The van der Waals surface area contributed by atoms with Crippen LogP contribution in [-0.4, -0.2) is 22.2 Å². The van der Waals surface area contributed by atoms with Gasteiger partial charge in [-0.3, -0.25) is 0 Å². The van der Waals surface area contributed by atoms with Gasteiger partial charge in [0.25, 0.3) is 0 Å². The maximum atomic E-state index is 14.1. The van der Waals surface area contributed by atoms with Crippen LogP contribution >= 0.6 is 47.8 Å². The van der Waals surface area contributed by atoms with Gasteiger partial charge in [-0.15, -0.1) is 23.1 Å². The summed E-state index contributed by atoms with van der Waals surface area (Å²) < 4.78 is 21.2. The van der Waals surface area contributed by atoms with E-state index in [-0.39, 0.29) is 0 Å². The summed E-state index contributed by atoms with van der Waals surface area (Å²) in [6, 6.07) is 3.57. The summed E-state index contributed by atoms with van der Waals surface area (Å²) in [6.45, 7) is 7.61.